The number of amides is 1. The van der Waals surface area contributed by atoms with Gasteiger partial charge in [0.1, 0.15) is 30.5 Å². The van der Waals surface area contributed by atoms with Crippen molar-refractivity contribution >= 4 is 23.1 Å². The molecule has 40 heavy (non-hydrogen) atoms. The second-order valence-corrected chi connectivity index (χ2v) is 9.35. The number of hydrogen-bond donors (Lipinski definition) is 3. The molecule has 0 saturated carbocycles. The Morgan fingerprint density at radius 2 is 1.62 bits per heavy atom. The Hall–Kier alpha value is -5.07. The van der Waals surface area contributed by atoms with Crippen LogP contribution in [0.3, 0.4) is 0 Å². The number of hydrogen-bond acceptors (Lipinski definition) is 8. The minimum Gasteiger partial charge on any atom is -0.489 e. The van der Waals surface area contributed by atoms with E-state index in [0.717, 1.165) is 29.9 Å². The van der Waals surface area contributed by atoms with Crippen molar-refractivity contribution in [3.05, 3.63) is 107 Å². The zero-order valence-electron chi connectivity index (χ0n) is 22.6. The van der Waals surface area contributed by atoms with E-state index in [2.05, 4.69) is 26.6 Å². The van der Waals surface area contributed by atoms with Gasteiger partial charge in [-0.3, -0.25) is 4.79 Å². The first-order valence-electron chi connectivity index (χ1n) is 12.8. The summed E-state index contributed by atoms with van der Waals surface area (Å²) < 4.78 is 12.0. The lowest BCUT2D eigenvalue weighted by Gasteiger charge is -2.14. The van der Waals surface area contributed by atoms with E-state index < -0.39 is 0 Å². The fourth-order valence-electron chi connectivity index (χ4n) is 3.80. The first kappa shape index (κ1) is 28.0. The summed E-state index contributed by atoms with van der Waals surface area (Å²) in [5.74, 6) is 0.905. The van der Waals surface area contributed by atoms with Crippen LogP contribution in [0.4, 0.5) is 17.2 Å². The Kier molecular flexibility index (Phi) is 9.53. The zero-order valence-corrected chi connectivity index (χ0v) is 22.6. The van der Waals surface area contributed by atoms with E-state index in [9.17, 15) is 10.1 Å². The molecule has 0 atom stereocenters. The third kappa shape index (κ3) is 7.96. The predicted octanol–water partition coefficient (Wildman–Crippen LogP) is 4.92. The van der Waals surface area contributed by atoms with Crippen molar-refractivity contribution in [3.63, 3.8) is 0 Å². The first-order valence-corrected chi connectivity index (χ1v) is 12.8. The molecular weight excluding hydrogens is 504 g/mol. The predicted molar refractivity (Wildman–Crippen MR) is 156 cm³/mol. The molecule has 9 heteroatoms. The highest BCUT2D eigenvalue weighted by molar-refractivity contribution is 6.04. The van der Waals surface area contributed by atoms with Crippen molar-refractivity contribution in [1.82, 2.24) is 9.88 Å². The molecule has 0 radical (unpaired) electrons. The molecule has 4 rings (SSSR count). The number of carbonyl (C=O) groups is 1. The molecular formula is C31H32N6O3. The summed E-state index contributed by atoms with van der Waals surface area (Å²) in [5.41, 5.74) is 9.96. The number of rotatable bonds is 12. The maximum Gasteiger partial charge on any atom is 0.257 e. The number of pyridine rings is 1. The molecule has 0 aliphatic carbocycles. The molecule has 1 heterocycles. The lowest BCUT2D eigenvalue weighted by molar-refractivity contribution is 0.102. The number of carbonyl (C=O) groups excluding carboxylic acids is 1. The van der Waals surface area contributed by atoms with E-state index in [-0.39, 0.29) is 19.1 Å². The van der Waals surface area contributed by atoms with Crippen LogP contribution in [0.5, 0.6) is 11.5 Å². The van der Waals surface area contributed by atoms with Crippen molar-refractivity contribution in [1.29, 1.82) is 5.26 Å². The number of nitrogens with one attached hydrogen (secondary N) is 2. The van der Waals surface area contributed by atoms with Crippen LogP contribution < -0.4 is 25.8 Å². The molecule has 0 spiro atoms. The Balaban J connectivity index is 1.50. The summed E-state index contributed by atoms with van der Waals surface area (Å²) in [6.45, 7) is 2.05. The summed E-state index contributed by atoms with van der Waals surface area (Å²) in [5, 5.41) is 15.5. The lowest BCUT2D eigenvalue weighted by Crippen LogP contribution is -2.20. The van der Waals surface area contributed by atoms with Crippen LogP contribution in [0.25, 0.3) is 0 Å². The molecule has 1 aromatic heterocycles. The minimum atomic E-state index is -0.368. The van der Waals surface area contributed by atoms with E-state index in [4.69, 9.17) is 15.2 Å². The topological polar surface area (TPSA) is 126 Å². The van der Waals surface area contributed by atoms with Crippen LogP contribution in [-0.2, 0) is 13.2 Å². The second-order valence-electron chi connectivity index (χ2n) is 9.35. The minimum absolute atomic E-state index is 0.156. The maximum absolute atomic E-state index is 13.2. The molecule has 0 saturated heterocycles. The molecule has 9 nitrogen and oxygen atoms in total. The maximum atomic E-state index is 13.2. The van der Waals surface area contributed by atoms with E-state index >= 15 is 0 Å². The smallest absolute Gasteiger partial charge is 0.257 e. The standard InChI is InChI=1S/C31H32N6O3/c1-37(2)14-13-34-26-11-12-30(35-19-26)36-31(38)25-15-27(39-20-23-8-4-3-7-22(23)18-32)17-28(16-25)40-21-24-9-5-6-10-29(24)33/h3-12,15-17,19,34H,13-14,20-21,33H2,1-2H3,(H,35,36,38). The van der Waals surface area contributed by atoms with Gasteiger partial charge < -0.3 is 30.7 Å². The number of aromatic nitrogens is 1. The number of ether oxygens (including phenoxy) is 2. The monoisotopic (exact) mass is 536 g/mol. The molecule has 4 aromatic rings. The quantitative estimate of drug-likeness (QED) is 0.218. The van der Waals surface area contributed by atoms with Crippen molar-refractivity contribution < 1.29 is 14.3 Å². The van der Waals surface area contributed by atoms with Crippen LogP contribution in [0, 0.1) is 11.3 Å². The summed E-state index contributed by atoms with van der Waals surface area (Å²) in [7, 11) is 4.02. The normalized spacial score (nSPS) is 10.6. The van der Waals surface area contributed by atoms with Crippen LogP contribution in [0.2, 0.25) is 0 Å². The lowest BCUT2D eigenvalue weighted by atomic mass is 10.1. The molecule has 4 N–H and O–H groups in total. The third-order valence-corrected chi connectivity index (χ3v) is 6.02. The highest BCUT2D eigenvalue weighted by Gasteiger charge is 2.13. The van der Waals surface area contributed by atoms with Gasteiger partial charge in [0.05, 0.1) is 23.5 Å². The molecule has 3 aromatic carbocycles. The summed E-state index contributed by atoms with van der Waals surface area (Å²) in [6.07, 6.45) is 1.68. The number of anilines is 3. The number of nitrogens with two attached hydrogens (primary N) is 1. The Labute approximate surface area is 234 Å². The number of likely N-dealkylation sites (N-methyl/N-ethyl adjacent to an activating group) is 1. The zero-order chi connectivity index (χ0) is 28.3. The number of nitriles is 1. The second kappa shape index (κ2) is 13.6. The van der Waals surface area contributed by atoms with Crippen molar-refractivity contribution in [3.8, 4) is 17.6 Å². The number of benzene rings is 3. The molecule has 0 unspecified atom stereocenters. The fraction of sp³-hybridized carbons (Fsp3) is 0.194. The van der Waals surface area contributed by atoms with Crippen LogP contribution in [0.1, 0.15) is 27.0 Å². The van der Waals surface area contributed by atoms with Crippen molar-refractivity contribution in [2.24, 2.45) is 0 Å². The fourth-order valence-corrected chi connectivity index (χ4v) is 3.80. The average Bonchev–Trinajstić information content (AvgIpc) is 2.96. The highest BCUT2D eigenvalue weighted by Crippen LogP contribution is 2.26. The number of para-hydroxylation sites is 1. The Morgan fingerprint density at radius 3 is 2.27 bits per heavy atom. The van der Waals surface area contributed by atoms with Crippen LogP contribution in [-0.4, -0.2) is 43.0 Å². The van der Waals surface area contributed by atoms with Crippen LogP contribution >= 0.6 is 0 Å². The van der Waals surface area contributed by atoms with E-state index in [1.807, 2.05) is 50.5 Å². The van der Waals surface area contributed by atoms with Gasteiger partial charge in [0.15, 0.2) is 0 Å². The summed E-state index contributed by atoms with van der Waals surface area (Å²) in [6, 6.07) is 25.4. The van der Waals surface area contributed by atoms with Gasteiger partial charge in [-0.1, -0.05) is 36.4 Å². The van der Waals surface area contributed by atoms with E-state index in [0.29, 0.717) is 34.1 Å². The van der Waals surface area contributed by atoms with Gasteiger partial charge in [-0.25, -0.2) is 4.98 Å². The van der Waals surface area contributed by atoms with Crippen molar-refractivity contribution in [2.75, 3.05) is 43.6 Å². The van der Waals surface area contributed by atoms with Crippen molar-refractivity contribution in [2.45, 2.75) is 13.2 Å². The van der Waals surface area contributed by atoms with Gasteiger partial charge in [0, 0.05) is 41.5 Å². The highest BCUT2D eigenvalue weighted by atomic mass is 16.5. The largest absolute Gasteiger partial charge is 0.489 e. The molecule has 0 aliphatic heterocycles. The van der Waals surface area contributed by atoms with Gasteiger partial charge in [-0.2, -0.15) is 5.26 Å². The summed E-state index contributed by atoms with van der Waals surface area (Å²) >= 11 is 0. The molecule has 0 aliphatic rings. The molecule has 0 bridgehead atoms. The van der Waals surface area contributed by atoms with Gasteiger partial charge in [0.25, 0.3) is 5.91 Å². The van der Waals surface area contributed by atoms with Gasteiger partial charge in [-0.05, 0) is 50.5 Å². The van der Waals surface area contributed by atoms with E-state index in [1.165, 1.54) is 0 Å². The molecule has 1 amide bonds. The average molecular weight is 537 g/mol. The van der Waals surface area contributed by atoms with Gasteiger partial charge >= 0.3 is 0 Å². The van der Waals surface area contributed by atoms with Gasteiger partial charge in [0.2, 0.25) is 0 Å². The van der Waals surface area contributed by atoms with Crippen LogP contribution in [0.15, 0.2) is 85.1 Å². The van der Waals surface area contributed by atoms with E-state index in [1.54, 1.807) is 48.7 Å². The number of nitrogen functional groups attached to an aromatic ring is 1. The molecule has 204 valence electrons. The summed E-state index contributed by atoms with van der Waals surface area (Å²) in [4.78, 5) is 19.6. The first-order chi connectivity index (χ1) is 19.4. The Morgan fingerprint density at radius 1 is 0.950 bits per heavy atom. The third-order valence-electron chi connectivity index (χ3n) is 6.02. The number of nitrogens with zero attached hydrogens (tertiary/aromatic N) is 3. The Bertz CT molecular complexity index is 1480. The molecule has 0 fully saturated rings. The SMILES string of the molecule is CN(C)CCNc1ccc(NC(=O)c2cc(OCc3ccccc3N)cc(OCc3ccccc3C#N)c2)nc1. The van der Waals surface area contributed by atoms with Gasteiger partial charge in [-0.15, -0.1) is 0 Å².